The molecule has 0 unspecified atom stereocenters. The molecule has 5 heterocycles. The van der Waals surface area contributed by atoms with E-state index in [4.69, 9.17) is 14.2 Å². The van der Waals surface area contributed by atoms with Crippen LogP contribution in [0.3, 0.4) is 0 Å². The van der Waals surface area contributed by atoms with E-state index in [2.05, 4.69) is 75.1 Å². The van der Waals surface area contributed by atoms with Crippen molar-refractivity contribution in [3.8, 4) is 17.4 Å². The first-order valence-electron chi connectivity index (χ1n) is 23.8. The van der Waals surface area contributed by atoms with Crippen molar-refractivity contribution >= 4 is 44.2 Å². The number of benzene rings is 2. The maximum absolute atomic E-state index is 14.8. The summed E-state index contributed by atoms with van der Waals surface area (Å²) in [5, 5.41) is 25.6. The van der Waals surface area contributed by atoms with E-state index in [0.717, 1.165) is 69.5 Å². The van der Waals surface area contributed by atoms with Crippen molar-refractivity contribution in [3.05, 3.63) is 99.6 Å². The number of sulfonamides is 1. The molecule has 2 saturated heterocycles. The third-order valence-corrected chi connectivity index (χ3v) is 16.2. The molecule has 4 N–H and O–H groups in total. The number of hydrogen-bond acceptors (Lipinski definition) is 14. The van der Waals surface area contributed by atoms with Gasteiger partial charge in [0.25, 0.3) is 21.8 Å². The number of piperidine rings is 1. The van der Waals surface area contributed by atoms with Gasteiger partial charge in [0, 0.05) is 62.3 Å². The normalized spacial score (nSPS) is 23.2. The van der Waals surface area contributed by atoms with E-state index in [1.165, 1.54) is 30.4 Å². The van der Waals surface area contributed by atoms with Gasteiger partial charge in [-0.2, -0.15) is 4.98 Å². The molecular formula is C50H61FN8O9S. The highest BCUT2D eigenvalue weighted by atomic mass is 32.2. The average Bonchev–Trinajstić information content (AvgIpc) is 3.68. The average molecular weight is 969 g/mol. The van der Waals surface area contributed by atoms with Gasteiger partial charge in [-0.05, 0) is 106 Å². The number of carbonyl (C=O) groups excluding carboxylic acids is 1. The van der Waals surface area contributed by atoms with Crippen LogP contribution in [0.5, 0.6) is 17.4 Å². The summed E-state index contributed by atoms with van der Waals surface area (Å²) in [6, 6.07) is 16.4. The van der Waals surface area contributed by atoms with Crippen LogP contribution in [0, 0.1) is 27.3 Å². The second-order valence-corrected chi connectivity index (χ2v) is 21.7. The molecule has 2 aliphatic carbocycles. The topological polar surface area (TPSA) is 214 Å². The number of aromatic amines is 1. The molecule has 17 nitrogen and oxygen atoms in total. The summed E-state index contributed by atoms with van der Waals surface area (Å²) in [5.41, 5.74) is 2.31. The highest BCUT2D eigenvalue weighted by Crippen LogP contribution is 2.53. The lowest BCUT2D eigenvalue weighted by atomic mass is 9.59. The van der Waals surface area contributed by atoms with Crippen LogP contribution in [0.2, 0.25) is 0 Å². The van der Waals surface area contributed by atoms with Gasteiger partial charge in [-0.15, -0.1) is 0 Å². The van der Waals surface area contributed by atoms with E-state index < -0.39 is 42.9 Å². The van der Waals surface area contributed by atoms with Crippen molar-refractivity contribution in [2.24, 2.45) is 11.3 Å². The summed E-state index contributed by atoms with van der Waals surface area (Å²) in [7, 11) is -3.36. The minimum Gasteiger partial charge on any atom is -0.478 e. The molecule has 1 spiro atoms. The number of hydrogen-bond donors (Lipinski definition) is 4. The van der Waals surface area contributed by atoms with Crippen LogP contribution in [-0.4, -0.2) is 102 Å². The Hall–Kier alpha value is -5.89. The molecule has 368 valence electrons. The SMILES string of the molecule is COc1nc2[nH]cc(F)c2cc1Oc1cc(N2CCC3(CC2)CC(N2C[C@H](C)OC[C@H]2c2ccccc2C(C)C)C3)ccc1C(=O)NS(=O)(=O)c1cnc(NCC2CCC(C)(O)CC2)c([N+](=O)[O-])c1. The number of morpholine rings is 1. The minimum absolute atomic E-state index is 0.0137. The summed E-state index contributed by atoms with van der Waals surface area (Å²) >= 11 is 0. The molecule has 3 aromatic heterocycles. The van der Waals surface area contributed by atoms with Crippen molar-refractivity contribution in [1.82, 2.24) is 24.6 Å². The molecule has 19 heteroatoms. The number of amides is 1. The summed E-state index contributed by atoms with van der Waals surface area (Å²) in [4.78, 5) is 41.0. The number of aliphatic hydroxyl groups is 1. The molecule has 2 aliphatic heterocycles. The van der Waals surface area contributed by atoms with Gasteiger partial charge >= 0.3 is 5.69 Å². The quantitative estimate of drug-likeness (QED) is 0.0606. The van der Waals surface area contributed by atoms with Gasteiger partial charge in [0.05, 0.1) is 53.5 Å². The number of fused-ring (bicyclic) bond motifs is 1. The van der Waals surface area contributed by atoms with Gasteiger partial charge < -0.3 is 34.5 Å². The Labute approximate surface area is 401 Å². The number of H-pyrrole nitrogens is 1. The van der Waals surface area contributed by atoms with Crippen LogP contribution in [-0.2, 0) is 14.8 Å². The molecule has 0 bridgehead atoms. The van der Waals surface area contributed by atoms with Gasteiger partial charge in [-0.1, -0.05) is 38.1 Å². The van der Waals surface area contributed by atoms with Gasteiger partial charge in [0.15, 0.2) is 5.75 Å². The number of methoxy groups -OCH3 is 1. The molecule has 2 saturated carbocycles. The summed E-state index contributed by atoms with van der Waals surface area (Å²) < 4.78 is 62.6. The molecule has 1 amide bonds. The number of ether oxygens (including phenoxy) is 3. The van der Waals surface area contributed by atoms with Crippen LogP contribution < -0.4 is 24.4 Å². The van der Waals surface area contributed by atoms with Crippen molar-refractivity contribution in [1.29, 1.82) is 0 Å². The molecule has 69 heavy (non-hydrogen) atoms. The Morgan fingerprint density at radius 3 is 2.54 bits per heavy atom. The number of carbonyl (C=O) groups is 1. The first-order chi connectivity index (χ1) is 32.9. The van der Waals surface area contributed by atoms with Crippen molar-refractivity contribution in [2.75, 3.05) is 50.1 Å². The first-order valence-corrected chi connectivity index (χ1v) is 25.3. The monoisotopic (exact) mass is 968 g/mol. The lowest BCUT2D eigenvalue weighted by Gasteiger charge is -2.58. The summed E-state index contributed by atoms with van der Waals surface area (Å²) in [6.45, 7) is 11.8. The maximum atomic E-state index is 14.8. The van der Waals surface area contributed by atoms with Gasteiger partial charge in [0.2, 0.25) is 5.82 Å². The van der Waals surface area contributed by atoms with Gasteiger partial charge in [-0.3, -0.25) is 19.8 Å². The van der Waals surface area contributed by atoms with E-state index in [-0.39, 0.29) is 63.3 Å². The molecule has 4 aliphatic rings. The number of nitrogens with one attached hydrogen (secondary N) is 3. The number of pyridine rings is 2. The van der Waals surface area contributed by atoms with Crippen molar-refractivity contribution in [2.45, 2.75) is 114 Å². The second-order valence-electron chi connectivity index (χ2n) is 20.1. The molecule has 5 aromatic rings. The summed E-state index contributed by atoms with van der Waals surface area (Å²) in [6.07, 6.45) is 8.94. The highest BCUT2D eigenvalue weighted by Gasteiger charge is 2.50. The molecule has 2 aromatic carbocycles. The third kappa shape index (κ3) is 10.1. The molecule has 9 rings (SSSR count). The zero-order valence-electron chi connectivity index (χ0n) is 39.7. The van der Waals surface area contributed by atoms with Crippen LogP contribution in [0.1, 0.15) is 113 Å². The zero-order chi connectivity index (χ0) is 48.8. The molecule has 0 radical (unpaired) electrons. The maximum Gasteiger partial charge on any atom is 0.312 e. The van der Waals surface area contributed by atoms with Crippen LogP contribution in [0.25, 0.3) is 11.0 Å². The predicted molar refractivity (Wildman–Crippen MR) is 258 cm³/mol. The van der Waals surface area contributed by atoms with Gasteiger partial charge in [-0.25, -0.2) is 22.5 Å². The largest absolute Gasteiger partial charge is 0.478 e. The van der Waals surface area contributed by atoms with Crippen molar-refractivity contribution < 1.29 is 41.8 Å². The number of nitrogens with zero attached hydrogens (tertiary/aromatic N) is 5. The van der Waals surface area contributed by atoms with Crippen LogP contribution in [0.4, 0.5) is 21.6 Å². The standard InChI is InChI=1S/C50H61FN8O9S/c1-30(2)36-8-6-7-9-37(36)42-29-67-31(3)28-58(42)34-23-50(24-34)16-18-57(19-17-50)33-10-11-38(43(20-33)68-44-22-39-40(51)27-54-45(39)55-48(44)66-5)47(60)56-69(64,65)35-21-41(59(62)63)46(53-26-35)52-25-32-12-14-49(4,61)15-13-32/h6-11,20-22,26-27,30-32,34,42,61H,12-19,23-25,28-29H2,1-5H3,(H,52,53)(H,54,55)(H,56,60)/t31-,32?,42-,49?/m0/s1. The second kappa shape index (κ2) is 19.1. The lowest BCUT2D eigenvalue weighted by molar-refractivity contribution is -0.384. The number of aromatic nitrogens is 3. The number of nitro groups is 1. The van der Waals surface area contributed by atoms with E-state index in [1.807, 2.05) is 4.72 Å². The lowest BCUT2D eigenvalue weighted by Crippen LogP contribution is -2.59. The predicted octanol–water partition coefficient (Wildman–Crippen LogP) is 8.61. The van der Waals surface area contributed by atoms with Crippen LogP contribution >= 0.6 is 0 Å². The first kappa shape index (κ1) is 48.1. The van der Waals surface area contributed by atoms with E-state index in [9.17, 15) is 32.8 Å². The molecule has 2 atom stereocenters. The Balaban J connectivity index is 0.932. The Morgan fingerprint density at radius 1 is 1.09 bits per heavy atom. The van der Waals surface area contributed by atoms with E-state index >= 15 is 0 Å². The number of rotatable bonds is 14. The number of halogens is 1. The Kier molecular flexibility index (Phi) is 13.3. The van der Waals surface area contributed by atoms with E-state index in [0.29, 0.717) is 50.8 Å². The van der Waals surface area contributed by atoms with Gasteiger partial charge in [0.1, 0.15) is 22.1 Å². The highest BCUT2D eigenvalue weighted by molar-refractivity contribution is 7.90. The zero-order valence-corrected chi connectivity index (χ0v) is 40.5. The fraction of sp³-hybridized carbons (Fsp3) is 0.500. The molecule has 4 fully saturated rings. The Morgan fingerprint density at radius 2 is 1.83 bits per heavy atom. The summed E-state index contributed by atoms with van der Waals surface area (Å²) in [5.74, 6) is -1.34. The fourth-order valence-corrected chi connectivity index (χ4v) is 11.7. The van der Waals surface area contributed by atoms with E-state index in [1.54, 1.807) is 19.1 Å². The molecular weight excluding hydrogens is 908 g/mol. The minimum atomic E-state index is -4.73. The number of anilines is 2. The van der Waals surface area contributed by atoms with Crippen LogP contribution in [0.15, 0.2) is 71.9 Å². The van der Waals surface area contributed by atoms with Crippen molar-refractivity contribution in [3.63, 3.8) is 0 Å². The fourth-order valence-electron chi connectivity index (χ4n) is 10.8. The Bertz CT molecular complexity index is 2830. The smallest absolute Gasteiger partial charge is 0.312 e. The third-order valence-electron chi connectivity index (χ3n) is 14.9.